The number of esters is 1. The van der Waals surface area contributed by atoms with Crippen LogP contribution in [0.15, 0.2) is 42.5 Å². The Morgan fingerprint density at radius 2 is 1.55 bits per heavy atom. The van der Waals surface area contributed by atoms with Gasteiger partial charge in [-0.25, -0.2) is 4.79 Å². The van der Waals surface area contributed by atoms with Gasteiger partial charge in [0.1, 0.15) is 48.3 Å². The highest BCUT2D eigenvalue weighted by atomic mass is 16.8. The Labute approximate surface area is 315 Å². The predicted molar refractivity (Wildman–Crippen MR) is 184 cm³/mol. The van der Waals surface area contributed by atoms with Crippen molar-refractivity contribution in [1.82, 2.24) is 0 Å². The molecule has 0 aliphatic carbocycles. The fourth-order valence-electron chi connectivity index (χ4n) is 6.17. The van der Waals surface area contributed by atoms with Crippen LogP contribution in [-0.4, -0.2) is 172 Å². The lowest BCUT2D eigenvalue weighted by atomic mass is 9.96. The third-order valence-electron chi connectivity index (χ3n) is 9.50. The van der Waals surface area contributed by atoms with E-state index in [4.69, 9.17) is 42.6 Å². The molecule has 306 valence electrons. The monoisotopic (exact) mass is 784 g/mol. The summed E-state index contributed by atoms with van der Waals surface area (Å²) < 4.78 is 50.8. The Morgan fingerprint density at radius 3 is 2.22 bits per heavy atom. The highest BCUT2D eigenvalue weighted by molar-refractivity contribution is 5.87. The average Bonchev–Trinajstić information content (AvgIpc) is 3.47. The van der Waals surface area contributed by atoms with Gasteiger partial charge in [0.25, 0.3) is 0 Å². The highest BCUT2D eigenvalue weighted by Crippen LogP contribution is 2.34. The third-order valence-corrected chi connectivity index (χ3v) is 9.50. The quantitative estimate of drug-likeness (QED) is 0.0701. The Balaban J connectivity index is 1.42. The van der Waals surface area contributed by atoms with Crippen molar-refractivity contribution in [2.75, 3.05) is 40.6 Å². The lowest BCUT2D eigenvalue weighted by Crippen LogP contribution is -2.65. The van der Waals surface area contributed by atoms with E-state index in [1.165, 1.54) is 51.5 Å². The van der Waals surface area contributed by atoms with Crippen LogP contribution in [0.1, 0.15) is 18.1 Å². The Morgan fingerprint density at radius 1 is 0.855 bits per heavy atom. The van der Waals surface area contributed by atoms with E-state index in [0.717, 1.165) is 6.08 Å². The van der Waals surface area contributed by atoms with Gasteiger partial charge in [-0.3, -0.25) is 0 Å². The molecule has 5 rings (SSSR count). The summed E-state index contributed by atoms with van der Waals surface area (Å²) in [6.45, 7) is -0.557. The van der Waals surface area contributed by atoms with Crippen LogP contribution in [0, 0.1) is 0 Å². The lowest BCUT2D eigenvalue weighted by molar-refractivity contribution is -0.360. The average molecular weight is 785 g/mol. The van der Waals surface area contributed by atoms with Gasteiger partial charge in [0.15, 0.2) is 48.0 Å². The summed E-state index contributed by atoms with van der Waals surface area (Å²) in [6.07, 6.45) is -16.3. The zero-order chi connectivity index (χ0) is 40.0. The maximum atomic E-state index is 13.4. The molecule has 19 heteroatoms. The Hall–Kier alpha value is -3.67. The molecule has 9 N–H and O–H groups in total. The largest absolute Gasteiger partial charge is 0.504 e. The number of benzene rings is 2. The molecule has 0 aromatic heterocycles. The number of hydrogen-bond acceptors (Lipinski definition) is 19. The van der Waals surface area contributed by atoms with Crippen molar-refractivity contribution >= 4 is 12.0 Å². The summed E-state index contributed by atoms with van der Waals surface area (Å²) in [6, 6.07) is 8.94. The molecule has 0 radical (unpaired) electrons. The van der Waals surface area contributed by atoms with Crippen LogP contribution in [0.5, 0.6) is 23.0 Å². The van der Waals surface area contributed by atoms with Crippen molar-refractivity contribution in [3.63, 3.8) is 0 Å². The van der Waals surface area contributed by atoms with Gasteiger partial charge in [0.05, 0.1) is 46.8 Å². The van der Waals surface area contributed by atoms with Crippen molar-refractivity contribution in [3.8, 4) is 23.0 Å². The van der Waals surface area contributed by atoms with Crippen LogP contribution in [0.3, 0.4) is 0 Å². The fourth-order valence-corrected chi connectivity index (χ4v) is 6.17. The molecule has 0 amide bonds. The molecule has 2 aromatic carbocycles. The molecule has 19 nitrogen and oxygen atoms in total. The minimum Gasteiger partial charge on any atom is -0.504 e. The maximum absolute atomic E-state index is 13.4. The first-order valence-electron chi connectivity index (χ1n) is 17.4. The minimum atomic E-state index is -2.04. The predicted octanol–water partition coefficient (Wildman–Crippen LogP) is -1.94. The molecule has 13 unspecified atom stereocenters. The van der Waals surface area contributed by atoms with E-state index in [1.807, 2.05) is 0 Å². The number of rotatable bonds is 15. The molecule has 3 aliphatic rings. The third kappa shape index (κ3) is 9.84. The van der Waals surface area contributed by atoms with Crippen LogP contribution in [0.25, 0.3) is 6.08 Å². The number of methoxy groups -OCH3 is 2. The number of aliphatic hydroxyl groups excluding tert-OH is 6. The van der Waals surface area contributed by atoms with Crippen molar-refractivity contribution in [1.29, 1.82) is 0 Å². The second-order valence-corrected chi connectivity index (χ2v) is 13.3. The van der Waals surface area contributed by atoms with E-state index >= 15 is 0 Å². The van der Waals surface area contributed by atoms with E-state index in [-0.39, 0.29) is 36.0 Å². The normalized spacial score (nSPS) is 35.2. The zero-order valence-electron chi connectivity index (χ0n) is 30.2. The molecular formula is C36H48O19. The van der Waals surface area contributed by atoms with Crippen molar-refractivity contribution in [2.24, 2.45) is 0 Å². The topological polar surface area (TPSA) is 282 Å². The fraction of sp³-hybridized carbons (Fsp3) is 0.583. The van der Waals surface area contributed by atoms with Gasteiger partial charge in [-0.2, -0.15) is 0 Å². The molecular weight excluding hydrogens is 736 g/mol. The number of aliphatic hydroxyl groups is 7. The van der Waals surface area contributed by atoms with E-state index < -0.39 is 105 Å². The molecule has 3 aliphatic heterocycles. The molecule has 0 bridgehead atoms. The SMILES string of the molecule is COc1cc(/C=C/C(=O)OC2C(COC3OCC(O)(CO)C3O)OC(OCCc3ccc(O)c(OC)c3)C(O)C2OC2OC(C)C(O)C(O)C2O)ccc1O. The van der Waals surface area contributed by atoms with Crippen LogP contribution < -0.4 is 9.47 Å². The number of phenols is 2. The molecule has 2 aromatic rings. The summed E-state index contributed by atoms with van der Waals surface area (Å²) in [7, 11) is 2.74. The van der Waals surface area contributed by atoms with Crippen molar-refractivity contribution in [3.05, 3.63) is 53.6 Å². The molecule has 3 saturated heterocycles. The van der Waals surface area contributed by atoms with Crippen LogP contribution in [0.2, 0.25) is 0 Å². The van der Waals surface area contributed by atoms with Crippen LogP contribution in [0.4, 0.5) is 0 Å². The van der Waals surface area contributed by atoms with Gasteiger partial charge >= 0.3 is 5.97 Å². The van der Waals surface area contributed by atoms with Gasteiger partial charge in [0, 0.05) is 6.08 Å². The van der Waals surface area contributed by atoms with E-state index in [1.54, 1.807) is 12.1 Å². The Bertz CT molecular complexity index is 1610. The van der Waals surface area contributed by atoms with E-state index in [9.17, 15) is 50.8 Å². The highest BCUT2D eigenvalue weighted by Gasteiger charge is 2.54. The van der Waals surface area contributed by atoms with Gasteiger partial charge in [-0.1, -0.05) is 12.1 Å². The summed E-state index contributed by atoms with van der Waals surface area (Å²) in [5.41, 5.74) is -0.920. The first-order chi connectivity index (χ1) is 26.2. The summed E-state index contributed by atoms with van der Waals surface area (Å²) in [4.78, 5) is 13.4. The molecule has 3 fully saturated rings. The number of hydrogen-bond donors (Lipinski definition) is 9. The van der Waals surface area contributed by atoms with Gasteiger partial charge in [-0.05, 0) is 54.8 Å². The smallest absolute Gasteiger partial charge is 0.331 e. The number of aromatic hydroxyl groups is 2. The van der Waals surface area contributed by atoms with Crippen molar-refractivity contribution in [2.45, 2.75) is 92.8 Å². The molecule has 13 atom stereocenters. The van der Waals surface area contributed by atoms with Gasteiger partial charge in [-0.15, -0.1) is 0 Å². The van der Waals surface area contributed by atoms with E-state index in [0.29, 0.717) is 11.1 Å². The number of carbonyl (C=O) groups excluding carboxylic acids is 1. The van der Waals surface area contributed by atoms with Crippen molar-refractivity contribution < 1.29 is 93.4 Å². The second kappa shape index (κ2) is 18.5. The van der Waals surface area contributed by atoms with Gasteiger partial charge in [0.2, 0.25) is 0 Å². The van der Waals surface area contributed by atoms with Crippen LogP contribution >= 0.6 is 0 Å². The first kappa shape index (κ1) is 42.5. The maximum Gasteiger partial charge on any atom is 0.331 e. The molecule has 3 heterocycles. The minimum absolute atomic E-state index is 0.0767. The van der Waals surface area contributed by atoms with Gasteiger partial charge < -0.3 is 88.6 Å². The molecule has 0 saturated carbocycles. The number of phenolic OH excluding ortho intramolecular Hbond substituents is 2. The first-order valence-corrected chi connectivity index (χ1v) is 17.4. The summed E-state index contributed by atoms with van der Waals surface area (Å²) in [5.74, 6) is -0.847. The summed E-state index contributed by atoms with van der Waals surface area (Å²) >= 11 is 0. The van der Waals surface area contributed by atoms with Crippen LogP contribution in [-0.2, 0) is 44.4 Å². The molecule has 0 spiro atoms. The Kier molecular flexibility index (Phi) is 14.3. The number of ether oxygens (including phenoxy) is 9. The zero-order valence-corrected chi connectivity index (χ0v) is 30.2. The second-order valence-electron chi connectivity index (χ2n) is 13.3. The summed E-state index contributed by atoms with van der Waals surface area (Å²) in [5, 5.41) is 93.8. The lowest BCUT2D eigenvalue weighted by Gasteiger charge is -2.46. The molecule has 55 heavy (non-hydrogen) atoms. The standard InChI is InChI=1S/C36H48O19/c1-17-26(41)27(42)28(43)34(52-17)55-31-29(44)33(49-11-10-19-5-8-21(39)23(13-19)48-3)53-24(14-50-35-32(45)36(46,15-37)16-51-35)30(31)54-25(40)9-6-18-4-7-20(38)22(12-18)47-2/h4-9,12-13,17,24,26-35,37-39,41-46H,10-11,14-16H2,1-3H3/b9-6+. The number of carbonyl (C=O) groups is 1. The van der Waals surface area contributed by atoms with E-state index in [2.05, 4.69) is 0 Å².